The topological polar surface area (TPSA) is 35.6 Å². The minimum atomic E-state index is 0.892. The van der Waals surface area contributed by atoms with E-state index in [1.54, 1.807) is 11.3 Å². The third kappa shape index (κ3) is 5.82. The average molecular weight is 821 g/mol. The smallest absolute Gasteiger partial charge is 0.138 e. The zero-order chi connectivity index (χ0) is 41.4. The lowest BCUT2D eigenvalue weighted by molar-refractivity contribution is 1.08. The van der Waals surface area contributed by atoms with Crippen molar-refractivity contribution in [3.8, 4) is 56.1 Å². The number of rotatable bonds is 6. The fourth-order valence-electron chi connectivity index (χ4n) is 9.58. The molecule has 4 nitrogen and oxygen atoms in total. The molecule has 0 N–H and O–H groups in total. The highest BCUT2D eigenvalue weighted by atomic mass is 32.1. The van der Waals surface area contributed by atoms with Crippen molar-refractivity contribution in [3.63, 3.8) is 0 Å². The average Bonchev–Trinajstić information content (AvgIpc) is 4.01. The van der Waals surface area contributed by atoms with Crippen molar-refractivity contribution in [2.75, 3.05) is 0 Å². The van der Waals surface area contributed by atoms with Crippen LogP contribution in [0.25, 0.3) is 120 Å². The molecular weight excluding hydrogens is 785 g/mol. The van der Waals surface area contributed by atoms with Crippen molar-refractivity contribution in [2.24, 2.45) is 0 Å². The Hall–Kier alpha value is -8.12. The van der Waals surface area contributed by atoms with Crippen LogP contribution < -0.4 is 0 Å². The van der Waals surface area contributed by atoms with Gasteiger partial charge in [0.05, 0.1) is 27.8 Å². The fraction of sp³-hybridized carbons (Fsp3) is 0. The van der Waals surface area contributed by atoms with E-state index in [2.05, 4.69) is 221 Å². The van der Waals surface area contributed by atoms with Gasteiger partial charge in [0, 0.05) is 60.0 Å². The molecule has 5 aromatic heterocycles. The van der Waals surface area contributed by atoms with Gasteiger partial charge in [-0.15, -0.1) is 11.3 Å². The second-order valence-electron chi connectivity index (χ2n) is 16.2. The molecule has 0 aliphatic rings. The van der Waals surface area contributed by atoms with Crippen LogP contribution in [0, 0.1) is 0 Å². The zero-order valence-corrected chi connectivity index (χ0v) is 34.8. The highest BCUT2D eigenvalue weighted by Gasteiger charge is 2.18. The molecule has 0 unspecified atom stereocenters. The number of para-hydroxylation sites is 2. The lowest BCUT2D eigenvalue weighted by Crippen LogP contribution is -2.00. The van der Waals surface area contributed by atoms with Gasteiger partial charge in [0.1, 0.15) is 10.6 Å². The number of pyridine rings is 2. The van der Waals surface area contributed by atoms with E-state index in [0.29, 0.717) is 0 Å². The van der Waals surface area contributed by atoms with Gasteiger partial charge in [0.25, 0.3) is 0 Å². The van der Waals surface area contributed by atoms with E-state index >= 15 is 0 Å². The van der Waals surface area contributed by atoms with Gasteiger partial charge in [-0.2, -0.15) is 0 Å². The predicted molar refractivity (Wildman–Crippen MR) is 265 cm³/mol. The Morgan fingerprint density at radius 2 is 0.905 bits per heavy atom. The Morgan fingerprint density at radius 1 is 0.333 bits per heavy atom. The molecular formula is C58H36N4S. The van der Waals surface area contributed by atoms with Crippen LogP contribution in [-0.4, -0.2) is 19.1 Å². The summed E-state index contributed by atoms with van der Waals surface area (Å²) in [5, 5.41) is 7.32. The van der Waals surface area contributed by atoms with Gasteiger partial charge in [-0.05, 0) is 94.5 Å². The summed E-state index contributed by atoms with van der Waals surface area (Å²) in [6, 6.07) is 76.6. The van der Waals surface area contributed by atoms with Crippen molar-refractivity contribution in [2.45, 2.75) is 0 Å². The third-order valence-electron chi connectivity index (χ3n) is 12.6. The molecule has 0 fully saturated rings. The number of aromatic nitrogens is 4. The largest absolute Gasteiger partial charge is 0.309 e. The summed E-state index contributed by atoms with van der Waals surface area (Å²) in [5.74, 6) is 0.892. The highest BCUT2D eigenvalue weighted by molar-refractivity contribution is 7.25. The Labute approximate surface area is 367 Å². The van der Waals surface area contributed by atoms with E-state index in [-0.39, 0.29) is 0 Å². The first-order chi connectivity index (χ1) is 31.2. The first-order valence-electron chi connectivity index (χ1n) is 21.3. The molecule has 0 radical (unpaired) electrons. The van der Waals surface area contributed by atoms with Crippen molar-refractivity contribution in [3.05, 3.63) is 219 Å². The number of nitrogens with zero attached hydrogens (tertiary/aromatic N) is 4. The van der Waals surface area contributed by atoms with E-state index in [1.165, 1.54) is 59.2 Å². The Balaban J connectivity index is 0.937. The minimum absolute atomic E-state index is 0.892. The summed E-state index contributed by atoms with van der Waals surface area (Å²) >= 11 is 1.75. The second kappa shape index (κ2) is 14.2. The van der Waals surface area contributed by atoms with Gasteiger partial charge >= 0.3 is 0 Å². The first kappa shape index (κ1) is 35.6. The molecule has 5 heterocycles. The molecule has 0 spiro atoms. The number of hydrogen-bond donors (Lipinski definition) is 0. The maximum absolute atomic E-state index is 5.35. The van der Waals surface area contributed by atoms with Crippen molar-refractivity contribution in [1.29, 1.82) is 0 Å². The quantitative estimate of drug-likeness (QED) is 0.167. The van der Waals surface area contributed by atoms with Gasteiger partial charge < -0.3 is 4.57 Å². The molecule has 0 aliphatic carbocycles. The molecule has 0 amide bonds. The third-order valence-corrected chi connectivity index (χ3v) is 13.7. The van der Waals surface area contributed by atoms with E-state index < -0.39 is 0 Å². The molecule has 0 aliphatic heterocycles. The predicted octanol–water partition coefficient (Wildman–Crippen LogP) is 15.7. The van der Waals surface area contributed by atoms with Crippen LogP contribution in [0.5, 0.6) is 0 Å². The van der Waals surface area contributed by atoms with Gasteiger partial charge in [-0.1, -0.05) is 146 Å². The number of hydrogen-bond acceptors (Lipinski definition) is 3. The van der Waals surface area contributed by atoms with Gasteiger partial charge in [0.15, 0.2) is 0 Å². The Morgan fingerprint density at radius 3 is 1.70 bits per heavy atom. The number of fused-ring (bicyclic) bond motifs is 9. The molecule has 5 heteroatoms. The Kier molecular flexibility index (Phi) is 8.05. The summed E-state index contributed by atoms with van der Waals surface area (Å²) in [5.41, 5.74) is 14.6. The molecule has 13 rings (SSSR count). The summed E-state index contributed by atoms with van der Waals surface area (Å²) in [4.78, 5) is 11.3. The molecule has 0 saturated heterocycles. The van der Waals surface area contributed by atoms with E-state index in [1.807, 2.05) is 6.20 Å². The number of benzene rings is 8. The molecule has 0 saturated carbocycles. The normalized spacial score (nSPS) is 11.8. The first-order valence-corrected chi connectivity index (χ1v) is 22.1. The van der Waals surface area contributed by atoms with Crippen LogP contribution in [-0.2, 0) is 0 Å². The van der Waals surface area contributed by atoms with Crippen molar-refractivity contribution < 1.29 is 0 Å². The van der Waals surface area contributed by atoms with Crippen LogP contribution in [0.1, 0.15) is 0 Å². The molecule has 63 heavy (non-hydrogen) atoms. The van der Waals surface area contributed by atoms with E-state index in [9.17, 15) is 0 Å². The van der Waals surface area contributed by atoms with E-state index in [4.69, 9.17) is 9.97 Å². The van der Waals surface area contributed by atoms with Crippen LogP contribution >= 0.6 is 11.3 Å². The van der Waals surface area contributed by atoms with Crippen LogP contribution in [0.4, 0.5) is 0 Å². The summed E-state index contributed by atoms with van der Waals surface area (Å²) in [6.07, 6.45) is 2.01. The highest BCUT2D eigenvalue weighted by Crippen LogP contribution is 2.40. The zero-order valence-electron chi connectivity index (χ0n) is 34.0. The van der Waals surface area contributed by atoms with Crippen LogP contribution in [0.15, 0.2) is 219 Å². The SMILES string of the molecule is c1ccc(-c2cc(-c3ccccc3)nc(-n3c4ccccc4c4cc(-c5ccc6c7ccccc7n(-c7ccc(-c8cnc9sc%10ccccc%10c9c8)cc7)c6c5)ccc43)c2)cc1. The Bertz CT molecular complexity index is 3840. The van der Waals surface area contributed by atoms with Crippen LogP contribution in [0.2, 0.25) is 0 Å². The summed E-state index contributed by atoms with van der Waals surface area (Å²) in [7, 11) is 0. The van der Waals surface area contributed by atoms with E-state index in [0.717, 1.165) is 60.9 Å². The lowest BCUT2D eigenvalue weighted by atomic mass is 10.0. The molecule has 294 valence electrons. The maximum atomic E-state index is 5.35. The van der Waals surface area contributed by atoms with Gasteiger partial charge in [-0.25, -0.2) is 9.97 Å². The monoisotopic (exact) mass is 820 g/mol. The standard InChI is InChI=1S/C58H36N4S/c1-3-13-37(14-4-1)42-33-51(39-15-5-2-6-16-39)60-57(35-42)62-53-21-11-8-18-46(53)49-31-40(26-30-54(49)62)41-25-29-47-45-17-7-10-20-52(45)61(55(47)34-41)44-27-23-38(24-28-44)43-32-50-48-19-9-12-22-56(48)63-58(50)59-36-43/h1-36H. The van der Waals surface area contributed by atoms with Gasteiger partial charge in [0.2, 0.25) is 0 Å². The van der Waals surface area contributed by atoms with Crippen molar-refractivity contribution >= 4 is 75.3 Å². The lowest BCUT2D eigenvalue weighted by Gasteiger charge is -2.13. The van der Waals surface area contributed by atoms with Crippen LogP contribution in [0.3, 0.4) is 0 Å². The molecule has 13 aromatic rings. The molecule has 0 atom stereocenters. The molecule has 0 bridgehead atoms. The van der Waals surface area contributed by atoms with Crippen molar-refractivity contribution in [1.82, 2.24) is 19.1 Å². The van der Waals surface area contributed by atoms with Gasteiger partial charge in [-0.3, -0.25) is 4.57 Å². The minimum Gasteiger partial charge on any atom is -0.309 e. The molecule has 8 aromatic carbocycles. The number of thiophene rings is 1. The summed E-state index contributed by atoms with van der Waals surface area (Å²) < 4.78 is 6.00. The fourth-order valence-corrected chi connectivity index (χ4v) is 10.6. The maximum Gasteiger partial charge on any atom is 0.138 e. The summed E-state index contributed by atoms with van der Waals surface area (Å²) in [6.45, 7) is 0. The second-order valence-corrected chi connectivity index (χ2v) is 17.3.